The van der Waals surface area contributed by atoms with Crippen molar-refractivity contribution < 1.29 is 4.79 Å². The van der Waals surface area contributed by atoms with Crippen molar-refractivity contribution in [2.45, 2.75) is 41.5 Å². The van der Waals surface area contributed by atoms with Gasteiger partial charge in [-0.05, 0) is 37.3 Å². The zero-order valence-corrected chi connectivity index (χ0v) is 9.42. The highest BCUT2D eigenvalue weighted by Gasteiger charge is 2.29. The number of allylic oxidation sites excluding steroid dienone is 6. The molecule has 0 fully saturated rings. The van der Waals surface area contributed by atoms with Gasteiger partial charge in [0.1, 0.15) is 0 Å². The fraction of sp³-hybridized carbons (Fsp3) is 0.500. The van der Waals surface area contributed by atoms with Gasteiger partial charge in [-0.2, -0.15) is 0 Å². The molecular weight excluding hydrogens is 184 g/mol. The Balaban J connectivity index is 0.00000196. The van der Waals surface area contributed by atoms with Gasteiger partial charge in [0.05, 0.1) is 0 Å². The zero-order chi connectivity index (χ0) is 10.8. The van der Waals surface area contributed by atoms with E-state index in [1.165, 1.54) is 0 Å². The van der Waals surface area contributed by atoms with Gasteiger partial charge in [0.25, 0.3) is 0 Å². The summed E-state index contributed by atoms with van der Waals surface area (Å²) in [5, 5.41) is 0. The molecule has 0 saturated carbocycles. The second-order valence-electron chi connectivity index (χ2n) is 4.41. The standard InChI is InChI=1S/C13H18O.CH4/c1-5-7-11(14)12-10(2)8-6-9-13(12,3)4;/h5-8H,9H2,1-4H3;1H4/b7-5+;. The van der Waals surface area contributed by atoms with Crippen LogP contribution >= 0.6 is 0 Å². The molecule has 1 nitrogen and oxygen atoms in total. The van der Waals surface area contributed by atoms with E-state index in [0.717, 1.165) is 17.6 Å². The van der Waals surface area contributed by atoms with Crippen LogP contribution in [0.3, 0.4) is 0 Å². The molecule has 0 aliphatic heterocycles. The minimum Gasteiger partial charge on any atom is -0.290 e. The minimum absolute atomic E-state index is 0. The molecule has 0 N–H and O–H groups in total. The molecular formula is C14H22O. The van der Waals surface area contributed by atoms with E-state index in [2.05, 4.69) is 19.9 Å². The van der Waals surface area contributed by atoms with E-state index in [4.69, 9.17) is 0 Å². The third kappa shape index (κ3) is 2.92. The highest BCUT2D eigenvalue weighted by atomic mass is 16.1. The van der Waals surface area contributed by atoms with Gasteiger partial charge in [-0.1, -0.05) is 39.5 Å². The molecule has 15 heavy (non-hydrogen) atoms. The van der Waals surface area contributed by atoms with Crippen LogP contribution in [0.25, 0.3) is 0 Å². The Morgan fingerprint density at radius 2 is 2.07 bits per heavy atom. The van der Waals surface area contributed by atoms with E-state index in [1.54, 1.807) is 12.2 Å². The van der Waals surface area contributed by atoms with Crippen molar-refractivity contribution in [3.05, 3.63) is 35.5 Å². The molecule has 0 aromatic heterocycles. The van der Waals surface area contributed by atoms with Crippen molar-refractivity contribution in [1.82, 2.24) is 0 Å². The summed E-state index contributed by atoms with van der Waals surface area (Å²) in [5.74, 6) is 0.152. The number of ketones is 1. The average molecular weight is 206 g/mol. The van der Waals surface area contributed by atoms with E-state index >= 15 is 0 Å². The largest absolute Gasteiger partial charge is 0.290 e. The normalized spacial score (nSPS) is 19.2. The smallest absolute Gasteiger partial charge is 0.182 e. The summed E-state index contributed by atoms with van der Waals surface area (Å²) < 4.78 is 0. The summed E-state index contributed by atoms with van der Waals surface area (Å²) >= 11 is 0. The van der Waals surface area contributed by atoms with Crippen LogP contribution in [0.4, 0.5) is 0 Å². The molecule has 0 spiro atoms. The Bertz CT molecular complexity index is 327. The topological polar surface area (TPSA) is 17.1 Å². The van der Waals surface area contributed by atoms with Crippen molar-refractivity contribution in [3.8, 4) is 0 Å². The van der Waals surface area contributed by atoms with Crippen LogP contribution in [0.2, 0.25) is 0 Å². The third-order valence-electron chi connectivity index (χ3n) is 2.63. The fourth-order valence-electron chi connectivity index (χ4n) is 2.01. The third-order valence-corrected chi connectivity index (χ3v) is 2.63. The minimum atomic E-state index is -0.0184. The van der Waals surface area contributed by atoms with Crippen LogP contribution in [-0.2, 0) is 4.79 Å². The lowest BCUT2D eigenvalue weighted by atomic mass is 9.74. The van der Waals surface area contributed by atoms with Crippen molar-refractivity contribution >= 4 is 5.78 Å². The summed E-state index contributed by atoms with van der Waals surface area (Å²) in [4.78, 5) is 11.8. The van der Waals surface area contributed by atoms with Crippen LogP contribution in [0, 0.1) is 5.41 Å². The molecule has 0 saturated heterocycles. The molecule has 0 aromatic carbocycles. The SMILES string of the molecule is C.C/C=C/C(=O)C1=C(C)C=CCC1(C)C. The maximum atomic E-state index is 11.8. The Morgan fingerprint density at radius 1 is 1.47 bits per heavy atom. The fourth-order valence-corrected chi connectivity index (χ4v) is 2.01. The van der Waals surface area contributed by atoms with Gasteiger partial charge < -0.3 is 0 Å². The summed E-state index contributed by atoms with van der Waals surface area (Å²) in [7, 11) is 0. The molecule has 0 unspecified atom stereocenters. The highest BCUT2D eigenvalue weighted by molar-refractivity contribution is 6.05. The van der Waals surface area contributed by atoms with E-state index in [9.17, 15) is 4.79 Å². The van der Waals surface area contributed by atoms with E-state index in [-0.39, 0.29) is 18.6 Å². The van der Waals surface area contributed by atoms with Crippen molar-refractivity contribution in [2.24, 2.45) is 5.41 Å². The van der Waals surface area contributed by atoms with Crippen molar-refractivity contribution in [2.75, 3.05) is 0 Å². The summed E-state index contributed by atoms with van der Waals surface area (Å²) in [6.07, 6.45) is 8.59. The predicted octanol–water partition coefficient (Wildman–Crippen LogP) is 4.07. The molecule has 0 aromatic rings. The van der Waals surface area contributed by atoms with Gasteiger partial charge >= 0.3 is 0 Å². The molecule has 0 radical (unpaired) electrons. The van der Waals surface area contributed by atoms with Gasteiger partial charge in [-0.15, -0.1) is 0 Å². The van der Waals surface area contributed by atoms with E-state index in [0.29, 0.717) is 0 Å². The molecule has 0 amide bonds. The number of hydrogen-bond donors (Lipinski definition) is 0. The van der Waals surface area contributed by atoms with Crippen LogP contribution in [0.15, 0.2) is 35.5 Å². The van der Waals surface area contributed by atoms with E-state index in [1.807, 2.05) is 19.9 Å². The maximum absolute atomic E-state index is 11.8. The second-order valence-corrected chi connectivity index (χ2v) is 4.41. The van der Waals surface area contributed by atoms with Crippen LogP contribution < -0.4 is 0 Å². The number of carbonyl (C=O) groups is 1. The van der Waals surface area contributed by atoms with Gasteiger partial charge in [0.15, 0.2) is 5.78 Å². The Morgan fingerprint density at radius 3 is 2.53 bits per heavy atom. The summed E-state index contributed by atoms with van der Waals surface area (Å²) in [5.41, 5.74) is 2.04. The van der Waals surface area contributed by atoms with Gasteiger partial charge in [-0.25, -0.2) is 0 Å². The quantitative estimate of drug-likeness (QED) is 0.622. The molecule has 0 bridgehead atoms. The molecule has 0 heterocycles. The number of rotatable bonds is 2. The predicted molar refractivity (Wildman–Crippen MR) is 66.8 cm³/mol. The first kappa shape index (κ1) is 13.9. The zero-order valence-electron chi connectivity index (χ0n) is 9.42. The number of carbonyl (C=O) groups excluding carboxylic acids is 1. The first-order chi connectivity index (χ1) is 6.49. The van der Waals surface area contributed by atoms with Crippen LogP contribution in [0.5, 0.6) is 0 Å². The lowest BCUT2D eigenvalue weighted by Crippen LogP contribution is -2.23. The van der Waals surface area contributed by atoms with Crippen molar-refractivity contribution in [3.63, 3.8) is 0 Å². The van der Waals surface area contributed by atoms with Crippen LogP contribution in [0.1, 0.15) is 41.5 Å². The molecule has 0 atom stereocenters. The van der Waals surface area contributed by atoms with Gasteiger partial charge in [0.2, 0.25) is 0 Å². The molecule has 84 valence electrons. The maximum Gasteiger partial charge on any atom is 0.182 e. The van der Waals surface area contributed by atoms with Gasteiger partial charge in [0, 0.05) is 5.57 Å². The summed E-state index contributed by atoms with van der Waals surface area (Å²) in [6, 6.07) is 0. The van der Waals surface area contributed by atoms with Gasteiger partial charge in [-0.3, -0.25) is 4.79 Å². The molecule has 1 aliphatic carbocycles. The average Bonchev–Trinajstić information content (AvgIpc) is 2.02. The summed E-state index contributed by atoms with van der Waals surface area (Å²) in [6.45, 7) is 8.13. The lowest BCUT2D eigenvalue weighted by molar-refractivity contribution is -0.112. The highest BCUT2D eigenvalue weighted by Crippen LogP contribution is 2.37. The number of hydrogen-bond acceptors (Lipinski definition) is 1. The first-order valence-electron chi connectivity index (χ1n) is 5.04. The van der Waals surface area contributed by atoms with Crippen molar-refractivity contribution in [1.29, 1.82) is 0 Å². The Kier molecular flexibility index (Phi) is 4.73. The molecule has 1 aliphatic rings. The van der Waals surface area contributed by atoms with Crippen LogP contribution in [-0.4, -0.2) is 5.78 Å². The Hall–Kier alpha value is -1.11. The molecule has 1 rings (SSSR count). The van der Waals surface area contributed by atoms with E-state index < -0.39 is 0 Å². The lowest BCUT2D eigenvalue weighted by Gasteiger charge is -2.29. The first-order valence-corrected chi connectivity index (χ1v) is 5.04. The Labute approximate surface area is 93.6 Å². The molecule has 1 heteroatoms. The monoisotopic (exact) mass is 206 g/mol. The second kappa shape index (κ2) is 5.11.